The highest BCUT2D eigenvalue weighted by atomic mass is 19.4. The van der Waals surface area contributed by atoms with E-state index in [4.69, 9.17) is 4.74 Å². The number of alkyl halides is 3. The fraction of sp³-hybridized carbons (Fsp3) is 0.500. The Hall–Kier alpha value is -2.28. The normalized spacial score (nSPS) is 17.3. The second-order valence-electron chi connectivity index (χ2n) is 7.06. The first-order valence-electron chi connectivity index (χ1n) is 10.3. The van der Waals surface area contributed by atoms with Crippen LogP contribution >= 0.6 is 0 Å². The van der Waals surface area contributed by atoms with E-state index in [0.717, 1.165) is 68.0 Å². The summed E-state index contributed by atoms with van der Waals surface area (Å²) in [5.41, 5.74) is 0.900. The van der Waals surface area contributed by atoms with Gasteiger partial charge in [-0.3, -0.25) is 4.98 Å². The molecule has 4 nitrogen and oxygen atoms in total. The molecule has 0 bridgehead atoms. The minimum Gasteiger partial charge on any atom is -0.488 e. The summed E-state index contributed by atoms with van der Waals surface area (Å²) in [6.45, 7) is 5.75. The third-order valence-electron chi connectivity index (χ3n) is 4.99. The zero-order valence-corrected chi connectivity index (χ0v) is 16.9. The molecule has 29 heavy (non-hydrogen) atoms. The van der Waals surface area contributed by atoms with Crippen molar-refractivity contribution >= 4 is 11.4 Å². The summed E-state index contributed by atoms with van der Waals surface area (Å²) in [7, 11) is 0. The van der Waals surface area contributed by atoms with Gasteiger partial charge in [0.2, 0.25) is 0 Å². The van der Waals surface area contributed by atoms with Gasteiger partial charge in [-0.1, -0.05) is 13.8 Å². The lowest BCUT2D eigenvalue weighted by Crippen LogP contribution is -2.41. The second kappa shape index (κ2) is 9.48. The van der Waals surface area contributed by atoms with E-state index in [1.165, 1.54) is 0 Å². The van der Waals surface area contributed by atoms with Crippen molar-refractivity contribution in [1.82, 2.24) is 10.3 Å². The molecule has 4 rings (SSSR count). The van der Waals surface area contributed by atoms with Gasteiger partial charge in [0, 0.05) is 24.0 Å². The number of halogens is 3. The molecule has 1 aromatic heterocycles. The third kappa shape index (κ3) is 5.41. The van der Waals surface area contributed by atoms with Gasteiger partial charge in [0.15, 0.2) is 0 Å². The van der Waals surface area contributed by atoms with Gasteiger partial charge in [-0.05, 0) is 63.0 Å². The van der Waals surface area contributed by atoms with Crippen molar-refractivity contribution in [3.8, 4) is 5.75 Å². The number of aromatic nitrogens is 1. The number of nitrogens with zero attached hydrogens (tertiary/aromatic N) is 2. The SMILES string of the molecule is CC.FC(F)(F)c1ccc(N(c2cnccc2OC2CC2)C2CCNCC2)cc1. The van der Waals surface area contributed by atoms with E-state index >= 15 is 0 Å². The first kappa shape index (κ1) is 21.4. The molecule has 1 saturated carbocycles. The molecule has 0 radical (unpaired) electrons. The minimum atomic E-state index is -4.34. The molecule has 0 amide bonds. The maximum absolute atomic E-state index is 13.0. The fourth-order valence-corrected chi connectivity index (χ4v) is 3.44. The number of anilines is 2. The Morgan fingerprint density at radius 1 is 1.00 bits per heavy atom. The van der Waals surface area contributed by atoms with Crippen molar-refractivity contribution in [3.63, 3.8) is 0 Å². The van der Waals surface area contributed by atoms with Crippen molar-refractivity contribution in [2.75, 3.05) is 18.0 Å². The number of ether oxygens (including phenoxy) is 1. The van der Waals surface area contributed by atoms with Crippen molar-refractivity contribution < 1.29 is 17.9 Å². The van der Waals surface area contributed by atoms with E-state index in [9.17, 15) is 13.2 Å². The van der Waals surface area contributed by atoms with Gasteiger partial charge in [-0.2, -0.15) is 13.2 Å². The Balaban J connectivity index is 0.00000117. The predicted molar refractivity (Wildman–Crippen MR) is 109 cm³/mol. The summed E-state index contributed by atoms with van der Waals surface area (Å²) in [5.74, 6) is 0.742. The van der Waals surface area contributed by atoms with Crippen LogP contribution in [0.2, 0.25) is 0 Å². The summed E-state index contributed by atoms with van der Waals surface area (Å²) in [6, 6.07) is 7.37. The summed E-state index contributed by atoms with van der Waals surface area (Å²) < 4.78 is 44.9. The monoisotopic (exact) mass is 407 g/mol. The lowest BCUT2D eigenvalue weighted by Gasteiger charge is -2.37. The first-order chi connectivity index (χ1) is 14.0. The first-order valence-corrected chi connectivity index (χ1v) is 10.3. The number of hydrogen-bond donors (Lipinski definition) is 1. The van der Waals surface area contributed by atoms with Crippen LogP contribution in [0, 0.1) is 0 Å². The van der Waals surface area contributed by atoms with Crippen molar-refractivity contribution in [2.24, 2.45) is 0 Å². The molecule has 2 aliphatic rings. The van der Waals surface area contributed by atoms with Gasteiger partial charge in [-0.25, -0.2) is 0 Å². The van der Waals surface area contributed by atoms with Crippen LogP contribution in [0.25, 0.3) is 0 Å². The van der Waals surface area contributed by atoms with E-state index < -0.39 is 11.7 Å². The van der Waals surface area contributed by atoms with E-state index in [1.807, 2.05) is 19.9 Å². The number of piperidine rings is 1. The third-order valence-corrected chi connectivity index (χ3v) is 4.99. The van der Waals surface area contributed by atoms with E-state index in [0.29, 0.717) is 0 Å². The molecule has 1 aromatic carbocycles. The van der Waals surface area contributed by atoms with Crippen LogP contribution < -0.4 is 15.0 Å². The molecule has 7 heteroatoms. The Morgan fingerprint density at radius 2 is 1.66 bits per heavy atom. The Kier molecular flexibility index (Phi) is 7.00. The molecule has 2 fully saturated rings. The van der Waals surface area contributed by atoms with Gasteiger partial charge < -0.3 is 15.0 Å². The maximum Gasteiger partial charge on any atom is 0.416 e. The van der Waals surface area contributed by atoms with E-state index in [2.05, 4.69) is 15.2 Å². The maximum atomic E-state index is 13.0. The topological polar surface area (TPSA) is 37.4 Å². The molecular weight excluding hydrogens is 379 g/mol. The summed E-state index contributed by atoms with van der Waals surface area (Å²) in [6.07, 6.45) is 3.20. The molecule has 0 unspecified atom stereocenters. The van der Waals surface area contributed by atoms with Crippen LogP contribution in [-0.4, -0.2) is 30.2 Å². The molecule has 0 spiro atoms. The quantitative estimate of drug-likeness (QED) is 0.704. The van der Waals surface area contributed by atoms with Crippen LogP contribution in [0.1, 0.15) is 45.1 Å². The zero-order chi connectivity index (χ0) is 20.9. The van der Waals surface area contributed by atoms with Gasteiger partial charge in [-0.15, -0.1) is 0 Å². The fourth-order valence-electron chi connectivity index (χ4n) is 3.44. The van der Waals surface area contributed by atoms with Crippen LogP contribution in [0.4, 0.5) is 24.5 Å². The van der Waals surface area contributed by atoms with Crippen LogP contribution in [-0.2, 0) is 6.18 Å². The molecule has 0 atom stereocenters. The average molecular weight is 407 g/mol. The van der Waals surface area contributed by atoms with Gasteiger partial charge in [0.05, 0.1) is 17.9 Å². The Labute approximate surface area is 170 Å². The largest absolute Gasteiger partial charge is 0.488 e. The van der Waals surface area contributed by atoms with Gasteiger partial charge in [0.1, 0.15) is 11.4 Å². The molecule has 2 heterocycles. The Bertz CT molecular complexity index is 770. The number of pyridine rings is 1. The van der Waals surface area contributed by atoms with Gasteiger partial charge >= 0.3 is 6.18 Å². The highest BCUT2D eigenvalue weighted by Crippen LogP contribution is 2.40. The molecule has 1 N–H and O–H groups in total. The average Bonchev–Trinajstić information content (AvgIpc) is 3.56. The van der Waals surface area contributed by atoms with Crippen molar-refractivity contribution in [2.45, 2.75) is 57.9 Å². The van der Waals surface area contributed by atoms with Gasteiger partial charge in [0.25, 0.3) is 0 Å². The molecular formula is C22H28F3N3O. The Morgan fingerprint density at radius 3 is 2.24 bits per heavy atom. The number of benzene rings is 1. The molecule has 158 valence electrons. The van der Waals surface area contributed by atoms with Crippen molar-refractivity contribution in [1.29, 1.82) is 0 Å². The summed E-state index contributed by atoms with van der Waals surface area (Å²) in [5, 5.41) is 3.34. The van der Waals surface area contributed by atoms with Crippen LogP contribution in [0.3, 0.4) is 0 Å². The summed E-state index contributed by atoms with van der Waals surface area (Å²) in [4.78, 5) is 6.34. The molecule has 1 saturated heterocycles. The molecule has 1 aliphatic carbocycles. The second-order valence-corrected chi connectivity index (χ2v) is 7.06. The smallest absolute Gasteiger partial charge is 0.416 e. The standard InChI is InChI=1S/C20H22F3N3O.C2H6/c21-20(22,23)14-1-3-15(4-2-14)26(16-7-10-24-11-8-16)18-13-25-12-9-19(18)27-17-5-6-17;1-2/h1-4,9,12-13,16-17,24H,5-8,10-11H2;1-2H3. The number of rotatable bonds is 5. The lowest BCUT2D eigenvalue weighted by atomic mass is 10.0. The number of hydrogen-bond acceptors (Lipinski definition) is 4. The molecule has 2 aromatic rings. The van der Waals surface area contributed by atoms with Crippen LogP contribution in [0.5, 0.6) is 5.75 Å². The van der Waals surface area contributed by atoms with Crippen molar-refractivity contribution in [3.05, 3.63) is 48.3 Å². The van der Waals surface area contributed by atoms with E-state index in [-0.39, 0.29) is 12.1 Å². The van der Waals surface area contributed by atoms with E-state index in [1.54, 1.807) is 24.5 Å². The minimum absolute atomic E-state index is 0.175. The summed E-state index contributed by atoms with van der Waals surface area (Å²) >= 11 is 0. The highest BCUT2D eigenvalue weighted by Gasteiger charge is 2.32. The lowest BCUT2D eigenvalue weighted by molar-refractivity contribution is -0.137. The zero-order valence-electron chi connectivity index (χ0n) is 16.9. The molecule has 1 aliphatic heterocycles. The highest BCUT2D eigenvalue weighted by molar-refractivity contribution is 5.69. The van der Waals surface area contributed by atoms with Crippen LogP contribution in [0.15, 0.2) is 42.7 Å². The predicted octanol–water partition coefficient (Wildman–Crippen LogP) is 5.56. The number of nitrogens with one attached hydrogen (secondary N) is 1.